The summed E-state index contributed by atoms with van der Waals surface area (Å²) in [6.45, 7) is 3.54. The Labute approximate surface area is 140 Å². The highest BCUT2D eigenvalue weighted by molar-refractivity contribution is 6.18. The highest BCUT2D eigenvalue weighted by Gasteiger charge is 2.22. The fourth-order valence-electron chi connectivity index (χ4n) is 1.61. The zero-order valence-electron chi connectivity index (χ0n) is 13.9. The van der Waals surface area contributed by atoms with Crippen LogP contribution in [0.5, 0.6) is 5.75 Å². The lowest BCUT2D eigenvalue weighted by Gasteiger charge is -2.08. The highest BCUT2D eigenvalue weighted by Crippen LogP contribution is 2.10. The average molecular weight is 335 g/mol. The summed E-state index contributed by atoms with van der Waals surface area (Å²) in [5.74, 6) is -1.10. The summed E-state index contributed by atoms with van der Waals surface area (Å²) in [5.41, 5.74) is 6.09. The average Bonchev–Trinajstić information content (AvgIpc) is 2.56. The molecular weight excluding hydrogens is 314 g/mol. The Hall–Kier alpha value is -3.03. The Kier molecular flexibility index (Phi) is 7.83. The maximum absolute atomic E-state index is 11.9. The van der Waals surface area contributed by atoms with E-state index >= 15 is 0 Å². The van der Waals surface area contributed by atoms with Crippen molar-refractivity contribution in [3.05, 3.63) is 41.3 Å². The van der Waals surface area contributed by atoms with Crippen molar-refractivity contribution in [1.82, 2.24) is 0 Å². The topological polar surface area (TPSA) is 116 Å². The molecule has 0 saturated carbocycles. The van der Waals surface area contributed by atoms with Crippen molar-refractivity contribution >= 4 is 18.0 Å². The Morgan fingerprint density at radius 2 is 1.83 bits per heavy atom. The summed E-state index contributed by atoms with van der Waals surface area (Å²) in [5, 5.41) is 17.3. The van der Waals surface area contributed by atoms with Gasteiger partial charge in [-0.2, -0.15) is 5.10 Å². The molecule has 130 valence electrons. The van der Waals surface area contributed by atoms with Crippen LogP contribution in [0.4, 0.5) is 0 Å². The van der Waals surface area contributed by atoms with Crippen LogP contribution in [0.3, 0.4) is 0 Å². The highest BCUT2D eigenvalue weighted by atomic mass is 16.6. The first-order valence-corrected chi connectivity index (χ1v) is 7.27. The number of benzene rings is 1. The van der Waals surface area contributed by atoms with E-state index in [0.29, 0.717) is 5.75 Å². The van der Waals surface area contributed by atoms with Crippen molar-refractivity contribution < 1.29 is 24.1 Å². The number of aliphatic hydroxyl groups is 1. The summed E-state index contributed by atoms with van der Waals surface area (Å²) < 4.78 is 14.8. The van der Waals surface area contributed by atoms with E-state index < -0.39 is 11.9 Å². The monoisotopic (exact) mass is 335 g/mol. The van der Waals surface area contributed by atoms with Gasteiger partial charge in [-0.05, 0) is 43.7 Å². The first-order valence-electron chi connectivity index (χ1n) is 7.27. The lowest BCUT2D eigenvalue weighted by atomic mass is 10.2. The van der Waals surface area contributed by atoms with Crippen LogP contribution in [0.15, 0.2) is 46.0 Å². The lowest BCUT2D eigenvalue weighted by Crippen LogP contribution is -2.25. The second-order valence-corrected chi connectivity index (χ2v) is 4.34. The van der Waals surface area contributed by atoms with Crippen molar-refractivity contribution in [3.63, 3.8) is 0 Å². The number of carbonyl (C=O) groups is 1. The van der Waals surface area contributed by atoms with Gasteiger partial charge in [0.1, 0.15) is 5.75 Å². The molecule has 1 rings (SSSR count). The summed E-state index contributed by atoms with van der Waals surface area (Å²) in [7, 11) is 1.57. The second-order valence-electron chi connectivity index (χ2n) is 4.34. The zero-order chi connectivity index (χ0) is 17.9. The molecular formula is C16H21N3O5. The van der Waals surface area contributed by atoms with Gasteiger partial charge in [-0.3, -0.25) is 0 Å². The SMILES string of the molecule is CCOC(=O)C(C(N)=N/N=C\c1ccc(OC)cc1)=C(O)OCC. The number of nitrogens with two attached hydrogens (primary N) is 1. The molecule has 3 N–H and O–H groups in total. The molecule has 0 aliphatic heterocycles. The van der Waals surface area contributed by atoms with Gasteiger partial charge in [0, 0.05) is 0 Å². The van der Waals surface area contributed by atoms with E-state index in [2.05, 4.69) is 10.2 Å². The summed E-state index contributed by atoms with van der Waals surface area (Å²) >= 11 is 0. The molecule has 0 spiro atoms. The number of ether oxygens (including phenoxy) is 3. The van der Waals surface area contributed by atoms with E-state index in [1.54, 1.807) is 45.2 Å². The number of rotatable bonds is 8. The van der Waals surface area contributed by atoms with E-state index in [1.165, 1.54) is 6.21 Å². The number of methoxy groups -OCH3 is 1. The largest absolute Gasteiger partial charge is 0.497 e. The molecule has 0 heterocycles. The van der Waals surface area contributed by atoms with Crippen LogP contribution >= 0.6 is 0 Å². The van der Waals surface area contributed by atoms with Crippen LogP contribution in [0.2, 0.25) is 0 Å². The maximum atomic E-state index is 11.9. The quantitative estimate of drug-likeness (QED) is 0.187. The van der Waals surface area contributed by atoms with E-state index in [-0.39, 0.29) is 24.6 Å². The molecule has 0 unspecified atom stereocenters. The zero-order valence-corrected chi connectivity index (χ0v) is 13.9. The third-order valence-corrected chi connectivity index (χ3v) is 2.72. The van der Waals surface area contributed by atoms with Crippen molar-refractivity contribution in [2.45, 2.75) is 13.8 Å². The van der Waals surface area contributed by atoms with Gasteiger partial charge in [0.05, 0.1) is 26.5 Å². The number of aliphatic hydroxyl groups excluding tert-OH is 1. The molecule has 0 radical (unpaired) electrons. The maximum Gasteiger partial charge on any atom is 0.349 e. The summed E-state index contributed by atoms with van der Waals surface area (Å²) in [6, 6.07) is 7.07. The van der Waals surface area contributed by atoms with Gasteiger partial charge in [-0.25, -0.2) is 4.79 Å². The van der Waals surface area contributed by atoms with Crippen molar-refractivity contribution in [2.24, 2.45) is 15.9 Å². The third-order valence-electron chi connectivity index (χ3n) is 2.72. The number of carbonyl (C=O) groups excluding carboxylic acids is 1. The summed E-state index contributed by atoms with van der Waals surface area (Å²) in [6.07, 6.45) is 1.44. The number of nitrogens with zero attached hydrogens (tertiary/aromatic N) is 2. The molecule has 0 aliphatic rings. The molecule has 0 amide bonds. The van der Waals surface area contributed by atoms with E-state index in [9.17, 15) is 9.90 Å². The van der Waals surface area contributed by atoms with Crippen LogP contribution in [0.25, 0.3) is 0 Å². The minimum Gasteiger partial charge on any atom is -0.497 e. The first-order chi connectivity index (χ1) is 11.5. The van der Waals surface area contributed by atoms with Crippen LogP contribution < -0.4 is 10.5 Å². The summed E-state index contributed by atoms with van der Waals surface area (Å²) in [4.78, 5) is 11.9. The molecule has 1 aromatic rings. The number of esters is 1. The van der Waals surface area contributed by atoms with Gasteiger partial charge in [0.25, 0.3) is 5.95 Å². The van der Waals surface area contributed by atoms with Gasteiger partial charge in [-0.15, -0.1) is 5.10 Å². The second kappa shape index (κ2) is 9.88. The standard InChI is InChI=1S/C16H21N3O5/c1-4-23-15(20)13(16(21)24-5-2)14(17)19-18-10-11-6-8-12(22-3)9-7-11/h6-10,20H,4-5H2,1-3H3,(H2,17,19)/b15-13?,18-10-. The van der Waals surface area contributed by atoms with Gasteiger partial charge >= 0.3 is 5.97 Å². The minimum atomic E-state index is -0.843. The smallest absolute Gasteiger partial charge is 0.349 e. The fraction of sp³-hybridized carbons (Fsp3) is 0.312. The molecule has 0 aliphatic carbocycles. The first kappa shape index (κ1) is 19.0. The lowest BCUT2D eigenvalue weighted by molar-refractivity contribution is -0.138. The van der Waals surface area contributed by atoms with Gasteiger partial charge in [0.15, 0.2) is 11.4 Å². The van der Waals surface area contributed by atoms with Gasteiger partial charge in [-0.1, -0.05) is 0 Å². The normalized spacial score (nSPS) is 12.7. The van der Waals surface area contributed by atoms with Crippen molar-refractivity contribution in [3.8, 4) is 5.75 Å². The molecule has 1 aromatic carbocycles. The predicted octanol–water partition coefficient (Wildman–Crippen LogP) is 1.76. The Balaban J connectivity index is 2.97. The van der Waals surface area contributed by atoms with E-state index in [1.807, 2.05) is 0 Å². The molecule has 0 bridgehead atoms. The molecule has 0 aromatic heterocycles. The number of hydrogen-bond donors (Lipinski definition) is 2. The minimum absolute atomic E-state index is 0.115. The van der Waals surface area contributed by atoms with Gasteiger partial charge < -0.3 is 25.1 Å². The molecule has 8 nitrogen and oxygen atoms in total. The van der Waals surface area contributed by atoms with Crippen LogP contribution in [-0.2, 0) is 14.3 Å². The Morgan fingerprint density at radius 1 is 1.21 bits per heavy atom. The third kappa shape index (κ3) is 5.64. The predicted molar refractivity (Wildman–Crippen MR) is 90.1 cm³/mol. The number of hydrogen-bond acceptors (Lipinski definition) is 7. The molecule has 0 atom stereocenters. The van der Waals surface area contributed by atoms with Crippen molar-refractivity contribution in [1.29, 1.82) is 0 Å². The molecule has 24 heavy (non-hydrogen) atoms. The molecule has 0 saturated heterocycles. The molecule has 8 heteroatoms. The van der Waals surface area contributed by atoms with Gasteiger partial charge in [0.2, 0.25) is 0 Å². The van der Waals surface area contributed by atoms with Crippen LogP contribution in [-0.4, -0.2) is 43.4 Å². The van der Waals surface area contributed by atoms with Crippen LogP contribution in [0.1, 0.15) is 19.4 Å². The molecule has 0 fully saturated rings. The van der Waals surface area contributed by atoms with Crippen molar-refractivity contribution in [2.75, 3.05) is 20.3 Å². The Bertz CT molecular complexity index is 636. The fourth-order valence-corrected chi connectivity index (χ4v) is 1.61. The van der Waals surface area contributed by atoms with Crippen LogP contribution in [0, 0.1) is 0 Å². The Morgan fingerprint density at radius 3 is 2.38 bits per heavy atom. The van der Waals surface area contributed by atoms with E-state index in [0.717, 1.165) is 5.56 Å². The number of amidine groups is 1. The van der Waals surface area contributed by atoms with E-state index in [4.69, 9.17) is 19.9 Å².